The standard InChI is InChI=1S/C28H24F5N5O2/c1-40-19-6-2-16(3-7-19)14-35-15-21-24(10-11-36-26(21)34)38-25-9-5-18(13-23(25)30)37-27(39)20-8-4-17(29)12-22(20)28(31,32)33/h2-13,35H,14-15H2,1H3,(H,37,39)(H3,34,36,38). The van der Waals surface area contributed by atoms with Crippen LogP contribution < -0.4 is 26.4 Å². The van der Waals surface area contributed by atoms with Crippen LogP contribution in [0.4, 0.5) is 44.8 Å². The van der Waals surface area contributed by atoms with E-state index in [-0.39, 0.29) is 23.3 Å². The molecule has 1 heterocycles. The summed E-state index contributed by atoms with van der Waals surface area (Å²) >= 11 is 0. The Morgan fingerprint density at radius 1 is 0.950 bits per heavy atom. The van der Waals surface area contributed by atoms with Crippen LogP contribution >= 0.6 is 0 Å². The zero-order valence-electron chi connectivity index (χ0n) is 21.1. The van der Waals surface area contributed by atoms with E-state index in [1.807, 2.05) is 24.3 Å². The number of nitrogen functional groups attached to an aromatic ring is 1. The number of nitrogens with zero attached hydrogens (tertiary/aromatic N) is 1. The Labute approximate surface area is 226 Å². The fraction of sp³-hybridized carbons (Fsp3) is 0.143. The molecule has 0 radical (unpaired) electrons. The topological polar surface area (TPSA) is 101 Å². The van der Waals surface area contributed by atoms with E-state index in [0.29, 0.717) is 24.3 Å². The van der Waals surface area contributed by atoms with Crippen molar-refractivity contribution in [3.05, 3.63) is 107 Å². The van der Waals surface area contributed by atoms with Gasteiger partial charge in [-0.15, -0.1) is 0 Å². The van der Waals surface area contributed by atoms with Crippen LogP contribution in [0.25, 0.3) is 0 Å². The van der Waals surface area contributed by atoms with Crippen LogP contribution in [0.2, 0.25) is 0 Å². The van der Waals surface area contributed by atoms with Crippen LogP contribution in [0.3, 0.4) is 0 Å². The van der Waals surface area contributed by atoms with E-state index in [1.54, 1.807) is 13.2 Å². The molecule has 0 saturated carbocycles. The summed E-state index contributed by atoms with van der Waals surface area (Å²) in [6.07, 6.45) is -3.50. The molecule has 0 atom stereocenters. The van der Waals surface area contributed by atoms with E-state index in [4.69, 9.17) is 10.5 Å². The summed E-state index contributed by atoms with van der Waals surface area (Å²) < 4.78 is 73.3. The number of alkyl halides is 3. The molecule has 0 aliphatic rings. The van der Waals surface area contributed by atoms with Crippen LogP contribution in [0.15, 0.2) is 72.9 Å². The highest BCUT2D eigenvalue weighted by atomic mass is 19.4. The number of carbonyl (C=O) groups excluding carboxylic acids is 1. The first-order chi connectivity index (χ1) is 19.0. The van der Waals surface area contributed by atoms with Crippen molar-refractivity contribution < 1.29 is 31.5 Å². The first-order valence-electron chi connectivity index (χ1n) is 11.9. The normalized spacial score (nSPS) is 11.2. The van der Waals surface area contributed by atoms with Gasteiger partial charge in [0.2, 0.25) is 0 Å². The van der Waals surface area contributed by atoms with Crippen molar-refractivity contribution in [2.45, 2.75) is 19.3 Å². The zero-order valence-corrected chi connectivity index (χ0v) is 21.1. The zero-order chi connectivity index (χ0) is 28.9. The Hall–Kier alpha value is -4.71. The second-order valence-corrected chi connectivity index (χ2v) is 8.64. The average molecular weight is 558 g/mol. The summed E-state index contributed by atoms with van der Waals surface area (Å²) in [6, 6.07) is 14.4. The number of nitrogens with one attached hydrogen (secondary N) is 3. The molecule has 0 fully saturated rings. The molecular formula is C28H24F5N5O2. The highest BCUT2D eigenvalue weighted by Crippen LogP contribution is 2.33. The monoisotopic (exact) mass is 557 g/mol. The maximum Gasteiger partial charge on any atom is 0.417 e. The minimum absolute atomic E-state index is 0.0257. The molecule has 208 valence electrons. The number of nitrogens with two attached hydrogens (primary N) is 1. The molecule has 0 aliphatic heterocycles. The van der Waals surface area contributed by atoms with Crippen molar-refractivity contribution >= 4 is 28.8 Å². The third kappa shape index (κ3) is 6.83. The largest absolute Gasteiger partial charge is 0.497 e. The van der Waals surface area contributed by atoms with E-state index in [9.17, 15) is 26.7 Å². The van der Waals surface area contributed by atoms with Crippen LogP contribution in [0.5, 0.6) is 5.75 Å². The Morgan fingerprint density at radius 2 is 1.70 bits per heavy atom. The molecule has 7 nitrogen and oxygen atoms in total. The van der Waals surface area contributed by atoms with Gasteiger partial charge in [-0.1, -0.05) is 12.1 Å². The minimum atomic E-state index is -4.96. The summed E-state index contributed by atoms with van der Waals surface area (Å²) in [7, 11) is 1.58. The first kappa shape index (κ1) is 28.3. The van der Waals surface area contributed by atoms with Gasteiger partial charge in [-0.2, -0.15) is 13.2 Å². The van der Waals surface area contributed by atoms with Gasteiger partial charge in [-0.3, -0.25) is 4.79 Å². The molecule has 4 aromatic rings. The number of hydrogen-bond donors (Lipinski definition) is 4. The van der Waals surface area contributed by atoms with Crippen LogP contribution in [-0.4, -0.2) is 18.0 Å². The summed E-state index contributed by atoms with van der Waals surface area (Å²) in [4.78, 5) is 16.6. The highest BCUT2D eigenvalue weighted by molar-refractivity contribution is 6.05. The van der Waals surface area contributed by atoms with Gasteiger partial charge in [0.05, 0.1) is 23.9 Å². The van der Waals surface area contributed by atoms with E-state index < -0.39 is 34.8 Å². The minimum Gasteiger partial charge on any atom is -0.497 e. The second kappa shape index (κ2) is 12.0. The maximum absolute atomic E-state index is 15.0. The molecule has 0 bridgehead atoms. The van der Waals surface area contributed by atoms with E-state index in [2.05, 4.69) is 20.9 Å². The maximum atomic E-state index is 15.0. The Morgan fingerprint density at radius 3 is 2.38 bits per heavy atom. The summed E-state index contributed by atoms with van der Waals surface area (Å²) in [5.74, 6) is -2.13. The number of pyridine rings is 1. The molecule has 0 saturated heterocycles. The van der Waals surface area contributed by atoms with E-state index in [1.165, 1.54) is 18.3 Å². The molecule has 0 spiro atoms. The first-order valence-corrected chi connectivity index (χ1v) is 11.9. The number of methoxy groups -OCH3 is 1. The highest BCUT2D eigenvalue weighted by Gasteiger charge is 2.35. The van der Waals surface area contributed by atoms with Crippen LogP contribution in [0, 0.1) is 11.6 Å². The summed E-state index contributed by atoms with van der Waals surface area (Å²) in [6.45, 7) is 0.827. The third-order valence-corrected chi connectivity index (χ3v) is 5.91. The molecule has 12 heteroatoms. The fourth-order valence-electron chi connectivity index (χ4n) is 3.87. The Kier molecular flexibility index (Phi) is 8.49. The van der Waals surface area contributed by atoms with Crippen molar-refractivity contribution in [2.75, 3.05) is 23.5 Å². The van der Waals surface area contributed by atoms with Gasteiger partial charge in [0.25, 0.3) is 5.91 Å². The van der Waals surface area contributed by atoms with E-state index >= 15 is 0 Å². The van der Waals surface area contributed by atoms with Crippen molar-refractivity contribution in [3.63, 3.8) is 0 Å². The molecule has 5 N–H and O–H groups in total. The predicted molar refractivity (Wildman–Crippen MR) is 141 cm³/mol. The number of halogens is 5. The lowest BCUT2D eigenvalue weighted by molar-refractivity contribution is -0.138. The van der Waals surface area contributed by atoms with Gasteiger partial charge in [-0.25, -0.2) is 13.8 Å². The van der Waals surface area contributed by atoms with Gasteiger partial charge in [0.1, 0.15) is 23.2 Å². The lowest BCUT2D eigenvalue weighted by Gasteiger charge is -2.16. The van der Waals surface area contributed by atoms with Crippen molar-refractivity contribution in [1.82, 2.24) is 10.3 Å². The number of rotatable bonds is 9. The van der Waals surface area contributed by atoms with Crippen molar-refractivity contribution in [1.29, 1.82) is 0 Å². The Bertz CT molecular complexity index is 1510. The van der Waals surface area contributed by atoms with Crippen LogP contribution in [-0.2, 0) is 19.3 Å². The molecule has 0 unspecified atom stereocenters. The van der Waals surface area contributed by atoms with Crippen molar-refractivity contribution in [3.8, 4) is 5.75 Å². The predicted octanol–water partition coefficient (Wildman–Crippen LogP) is 6.26. The van der Waals surface area contributed by atoms with Gasteiger partial charge < -0.3 is 26.4 Å². The van der Waals surface area contributed by atoms with Gasteiger partial charge in [0, 0.05) is 36.2 Å². The number of aromatic nitrogens is 1. The van der Waals surface area contributed by atoms with Crippen LogP contribution in [0.1, 0.15) is 27.0 Å². The lowest BCUT2D eigenvalue weighted by atomic mass is 10.1. The molecule has 1 aromatic heterocycles. The third-order valence-electron chi connectivity index (χ3n) is 5.91. The average Bonchev–Trinajstić information content (AvgIpc) is 2.91. The molecule has 40 heavy (non-hydrogen) atoms. The summed E-state index contributed by atoms with van der Waals surface area (Å²) in [5.41, 5.74) is 5.83. The molecular weight excluding hydrogens is 533 g/mol. The quantitative estimate of drug-likeness (QED) is 0.181. The van der Waals surface area contributed by atoms with Gasteiger partial charge in [0.15, 0.2) is 0 Å². The number of hydrogen-bond acceptors (Lipinski definition) is 6. The van der Waals surface area contributed by atoms with Crippen molar-refractivity contribution in [2.24, 2.45) is 0 Å². The van der Waals surface area contributed by atoms with Gasteiger partial charge >= 0.3 is 6.18 Å². The number of amides is 1. The number of benzene rings is 3. The molecule has 1 amide bonds. The molecule has 3 aromatic carbocycles. The lowest BCUT2D eigenvalue weighted by Crippen LogP contribution is -2.19. The second-order valence-electron chi connectivity index (χ2n) is 8.64. The SMILES string of the molecule is COc1ccc(CNCc2c(Nc3ccc(NC(=O)c4ccc(F)cc4C(F)(F)F)cc3F)ccnc2N)cc1. The molecule has 0 aliphatic carbocycles. The van der Waals surface area contributed by atoms with Gasteiger partial charge in [-0.05, 0) is 60.2 Å². The number of ether oxygens (including phenoxy) is 1. The fourth-order valence-corrected chi connectivity index (χ4v) is 3.87. The molecule has 4 rings (SSSR count). The number of carbonyl (C=O) groups is 1. The van der Waals surface area contributed by atoms with E-state index in [0.717, 1.165) is 29.5 Å². The summed E-state index contributed by atoms with van der Waals surface area (Å²) in [5, 5.41) is 8.41. The number of anilines is 4. The smallest absolute Gasteiger partial charge is 0.417 e. The Balaban J connectivity index is 1.46.